The highest BCUT2D eigenvalue weighted by atomic mass is 35.5. The minimum absolute atomic E-state index is 0.0390. The van der Waals surface area contributed by atoms with Crippen LogP contribution in [0.1, 0.15) is 62.6 Å². The molecule has 1 saturated heterocycles. The molecule has 2 fully saturated rings. The number of rotatable bonds is 8. The Hall–Kier alpha value is -2.73. The number of hydrogen-bond acceptors (Lipinski definition) is 4. The van der Waals surface area contributed by atoms with Crippen LogP contribution in [0, 0.1) is 0 Å². The van der Waals surface area contributed by atoms with Crippen molar-refractivity contribution in [2.75, 3.05) is 20.3 Å². The van der Waals surface area contributed by atoms with Gasteiger partial charge in [0.1, 0.15) is 12.6 Å². The smallest absolute Gasteiger partial charge is 0.250 e. The molecule has 1 atom stereocenters. The zero-order valence-electron chi connectivity index (χ0n) is 20.0. The zero-order chi connectivity index (χ0) is 24.1. The molecule has 1 heterocycles. The Morgan fingerprint density at radius 3 is 2.50 bits per heavy atom. The van der Waals surface area contributed by atoms with Gasteiger partial charge < -0.3 is 19.3 Å². The van der Waals surface area contributed by atoms with Crippen LogP contribution < -0.4 is 9.47 Å². The lowest BCUT2D eigenvalue weighted by atomic mass is 9.91. The van der Waals surface area contributed by atoms with Gasteiger partial charge >= 0.3 is 0 Å². The summed E-state index contributed by atoms with van der Waals surface area (Å²) in [5, 5.41) is 0.581. The number of methoxy groups -OCH3 is 1. The van der Waals surface area contributed by atoms with Gasteiger partial charge in [0.25, 0.3) is 5.91 Å². The maximum atomic E-state index is 13.9. The van der Waals surface area contributed by atoms with Crippen molar-refractivity contribution in [3.05, 3.63) is 58.6 Å². The summed E-state index contributed by atoms with van der Waals surface area (Å²) in [6.45, 7) is 2.99. The zero-order valence-corrected chi connectivity index (χ0v) is 20.7. The summed E-state index contributed by atoms with van der Waals surface area (Å²) in [6, 6.07) is 12.3. The third-order valence-corrected chi connectivity index (χ3v) is 7.10. The normalized spacial score (nSPS) is 19.4. The van der Waals surface area contributed by atoms with E-state index in [1.807, 2.05) is 48.2 Å². The lowest BCUT2D eigenvalue weighted by Gasteiger charge is -2.44. The summed E-state index contributed by atoms with van der Waals surface area (Å²) in [6.07, 6.45) is 6.14. The SMILES string of the molecule is CCCOc1ccc(C2C(=O)N(C3CCCCC3)CC(=O)N2Cc2ccccc2Cl)cc1OC. The predicted octanol–water partition coefficient (Wildman–Crippen LogP) is 5.38. The predicted molar refractivity (Wildman–Crippen MR) is 132 cm³/mol. The van der Waals surface area contributed by atoms with Crippen LogP contribution in [0.4, 0.5) is 0 Å². The van der Waals surface area contributed by atoms with Crippen molar-refractivity contribution in [1.82, 2.24) is 9.80 Å². The Balaban J connectivity index is 1.71. The Labute approximate surface area is 206 Å². The van der Waals surface area contributed by atoms with E-state index < -0.39 is 6.04 Å². The number of hydrogen-bond donors (Lipinski definition) is 0. The first-order valence-corrected chi connectivity index (χ1v) is 12.5. The molecule has 2 amide bonds. The Kier molecular flexibility index (Phi) is 7.99. The van der Waals surface area contributed by atoms with Crippen molar-refractivity contribution >= 4 is 23.4 Å². The molecule has 182 valence electrons. The Bertz CT molecular complexity index is 1020. The van der Waals surface area contributed by atoms with E-state index in [1.165, 1.54) is 6.42 Å². The molecule has 34 heavy (non-hydrogen) atoms. The molecule has 0 radical (unpaired) electrons. The van der Waals surface area contributed by atoms with Gasteiger partial charge in [-0.05, 0) is 48.6 Å². The van der Waals surface area contributed by atoms with E-state index in [0.29, 0.717) is 28.7 Å². The third kappa shape index (κ3) is 5.17. The van der Waals surface area contributed by atoms with Gasteiger partial charge in [0.05, 0.1) is 13.7 Å². The molecule has 6 nitrogen and oxygen atoms in total. The van der Waals surface area contributed by atoms with Gasteiger partial charge in [0.15, 0.2) is 11.5 Å². The number of benzene rings is 2. The molecular formula is C27H33ClN2O4. The molecule has 4 rings (SSSR count). The van der Waals surface area contributed by atoms with E-state index in [-0.39, 0.29) is 30.9 Å². The second kappa shape index (κ2) is 11.1. The maximum absolute atomic E-state index is 13.9. The molecule has 2 aromatic carbocycles. The second-order valence-corrected chi connectivity index (χ2v) is 9.44. The Morgan fingerprint density at radius 1 is 1.03 bits per heavy atom. The summed E-state index contributed by atoms with van der Waals surface area (Å²) in [7, 11) is 1.58. The molecule has 2 aliphatic rings. The van der Waals surface area contributed by atoms with Crippen LogP contribution in [0.3, 0.4) is 0 Å². The van der Waals surface area contributed by atoms with Crippen molar-refractivity contribution < 1.29 is 19.1 Å². The first-order chi connectivity index (χ1) is 16.5. The second-order valence-electron chi connectivity index (χ2n) is 9.03. The molecule has 0 bridgehead atoms. The minimum Gasteiger partial charge on any atom is -0.493 e. The lowest BCUT2D eigenvalue weighted by molar-refractivity contribution is -0.160. The van der Waals surface area contributed by atoms with E-state index in [9.17, 15) is 9.59 Å². The molecule has 1 saturated carbocycles. The van der Waals surface area contributed by atoms with E-state index in [0.717, 1.165) is 37.7 Å². The summed E-state index contributed by atoms with van der Waals surface area (Å²) < 4.78 is 11.4. The summed E-state index contributed by atoms with van der Waals surface area (Å²) in [5.74, 6) is 1.08. The number of nitrogens with zero attached hydrogens (tertiary/aromatic N) is 2. The fourth-order valence-electron chi connectivity index (χ4n) is 4.95. The topological polar surface area (TPSA) is 59.1 Å². The van der Waals surface area contributed by atoms with Gasteiger partial charge in [0, 0.05) is 17.6 Å². The number of carbonyl (C=O) groups is 2. The molecular weight excluding hydrogens is 452 g/mol. The van der Waals surface area contributed by atoms with Gasteiger partial charge in [-0.2, -0.15) is 0 Å². The van der Waals surface area contributed by atoms with Crippen molar-refractivity contribution in [2.45, 2.75) is 64.1 Å². The number of halogens is 1. The first kappa shape index (κ1) is 24.4. The van der Waals surface area contributed by atoms with Gasteiger partial charge in [0.2, 0.25) is 5.91 Å². The molecule has 0 aromatic heterocycles. The quantitative estimate of drug-likeness (QED) is 0.504. The van der Waals surface area contributed by atoms with Crippen molar-refractivity contribution in [3.8, 4) is 11.5 Å². The van der Waals surface area contributed by atoms with Gasteiger partial charge in [-0.15, -0.1) is 0 Å². The van der Waals surface area contributed by atoms with Crippen molar-refractivity contribution in [1.29, 1.82) is 0 Å². The molecule has 7 heteroatoms. The maximum Gasteiger partial charge on any atom is 0.250 e. The van der Waals surface area contributed by atoms with Gasteiger partial charge in [-0.1, -0.05) is 62.1 Å². The average molecular weight is 485 g/mol. The first-order valence-electron chi connectivity index (χ1n) is 12.2. The van der Waals surface area contributed by atoms with E-state index in [2.05, 4.69) is 0 Å². The minimum atomic E-state index is -0.742. The highest BCUT2D eigenvalue weighted by molar-refractivity contribution is 6.31. The molecule has 2 aromatic rings. The van der Waals surface area contributed by atoms with E-state index in [4.69, 9.17) is 21.1 Å². The van der Waals surface area contributed by atoms with Crippen LogP contribution in [-0.2, 0) is 16.1 Å². The fourth-order valence-corrected chi connectivity index (χ4v) is 5.14. The fraction of sp³-hybridized carbons (Fsp3) is 0.481. The number of amides is 2. The number of piperazine rings is 1. The monoisotopic (exact) mass is 484 g/mol. The average Bonchev–Trinajstić information content (AvgIpc) is 2.86. The molecule has 0 spiro atoms. The van der Waals surface area contributed by atoms with Crippen molar-refractivity contribution in [3.63, 3.8) is 0 Å². The summed E-state index contributed by atoms with van der Waals surface area (Å²) in [5.41, 5.74) is 1.53. The number of carbonyl (C=O) groups excluding carboxylic acids is 2. The third-order valence-electron chi connectivity index (χ3n) is 6.73. The highest BCUT2D eigenvalue weighted by Crippen LogP contribution is 2.37. The summed E-state index contributed by atoms with van der Waals surface area (Å²) in [4.78, 5) is 30.9. The van der Waals surface area contributed by atoms with Crippen LogP contribution in [0.2, 0.25) is 5.02 Å². The molecule has 1 aliphatic carbocycles. The molecule has 1 aliphatic heterocycles. The van der Waals surface area contributed by atoms with Gasteiger partial charge in [-0.3, -0.25) is 9.59 Å². The standard InChI is InChI=1S/C27H33ClN2O4/c1-3-15-34-23-14-13-19(16-24(23)33-2)26-27(32)29(21-10-5-4-6-11-21)18-25(31)30(26)17-20-9-7-8-12-22(20)28/h7-9,12-14,16,21,26H,3-6,10-11,15,17-18H2,1-2H3. The molecule has 1 unspecified atom stereocenters. The molecule has 0 N–H and O–H groups in total. The van der Waals surface area contributed by atoms with E-state index in [1.54, 1.807) is 18.1 Å². The largest absolute Gasteiger partial charge is 0.493 e. The highest BCUT2D eigenvalue weighted by Gasteiger charge is 2.43. The number of ether oxygens (including phenoxy) is 2. The van der Waals surface area contributed by atoms with Crippen LogP contribution in [0.25, 0.3) is 0 Å². The van der Waals surface area contributed by atoms with Crippen molar-refractivity contribution in [2.24, 2.45) is 0 Å². The summed E-state index contributed by atoms with van der Waals surface area (Å²) >= 11 is 6.42. The van der Waals surface area contributed by atoms with E-state index >= 15 is 0 Å². The van der Waals surface area contributed by atoms with Gasteiger partial charge in [-0.25, -0.2) is 0 Å². The van der Waals surface area contributed by atoms with Crippen LogP contribution >= 0.6 is 11.6 Å². The lowest BCUT2D eigenvalue weighted by Crippen LogP contribution is -2.58. The van der Waals surface area contributed by atoms with Crippen LogP contribution in [0.5, 0.6) is 11.5 Å². The Morgan fingerprint density at radius 2 is 1.79 bits per heavy atom. The van der Waals surface area contributed by atoms with Crippen LogP contribution in [0.15, 0.2) is 42.5 Å². The van der Waals surface area contributed by atoms with Crippen LogP contribution in [-0.4, -0.2) is 47.9 Å².